The summed E-state index contributed by atoms with van der Waals surface area (Å²) in [6, 6.07) is 11.7. The van der Waals surface area contributed by atoms with E-state index in [2.05, 4.69) is 0 Å². The fourth-order valence-electron chi connectivity index (χ4n) is 2.68. The molecule has 0 spiro atoms. The van der Waals surface area contributed by atoms with Crippen LogP contribution in [0.4, 0.5) is 0 Å². The van der Waals surface area contributed by atoms with Crippen LogP contribution in [0.5, 0.6) is 5.75 Å². The van der Waals surface area contributed by atoms with Crippen molar-refractivity contribution in [1.29, 1.82) is 0 Å². The van der Waals surface area contributed by atoms with Crippen LogP contribution in [0.15, 0.2) is 47.4 Å². The molecule has 2 aromatic carbocycles. The number of methoxy groups -OCH3 is 1. The van der Waals surface area contributed by atoms with E-state index in [1.54, 1.807) is 46.1 Å². The number of rotatable bonds is 8. The molecule has 6 nitrogen and oxygen atoms in total. The first-order chi connectivity index (χ1) is 12.8. The van der Waals surface area contributed by atoms with Crippen molar-refractivity contribution in [3.63, 3.8) is 0 Å². The lowest BCUT2D eigenvalue weighted by molar-refractivity contribution is 0.0471. The average Bonchev–Trinajstić information content (AvgIpc) is 2.67. The number of carbonyl (C=O) groups excluding carboxylic acids is 1. The Labute approximate surface area is 160 Å². The minimum Gasteiger partial charge on any atom is -0.497 e. The number of ether oxygens (including phenoxy) is 2. The Hall–Kier alpha value is -2.38. The van der Waals surface area contributed by atoms with Gasteiger partial charge in [0.15, 0.2) is 0 Å². The van der Waals surface area contributed by atoms with Gasteiger partial charge >= 0.3 is 5.97 Å². The summed E-state index contributed by atoms with van der Waals surface area (Å²) in [6.45, 7) is 6.10. The number of carbonyl (C=O) groups is 1. The molecule has 0 saturated carbocycles. The van der Waals surface area contributed by atoms with Gasteiger partial charge in [-0.15, -0.1) is 0 Å². The van der Waals surface area contributed by atoms with E-state index < -0.39 is 16.0 Å². The molecule has 0 aromatic heterocycles. The smallest absolute Gasteiger partial charge is 0.338 e. The van der Waals surface area contributed by atoms with Gasteiger partial charge in [-0.3, -0.25) is 0 Å². The SMILES string of the molecule is CCN(CC)S(=O)(=O)c1ccc(C)c(C(=O)OCc2cccc(OC)c2)c1. The number of aryl methyl sites for hydroxylation is 1. The van der Waals surface area contributed by atoms with Gasteiger partial charge < -0.3 is 9.47 Å². The molecule has 27 heavy (non-hydrogen) atoms. The van der Waals surface area contributed by atoms with Gasteiger partial charge in [-0.2, -0.15) is 4.31 Å². The lowest BCUT2D eigenvalue weighted by atomic mass is 10.1. The molecule has 0 radical (unpaired) electrons. The number of sulfonamides is 1. The Morgan fingerprint density at radius 2 is 1.78 bits per heavy atom. The fourth-order valence-corrected chi connectivity index (χ4v) is 4.17. The summed E-state index contributed by atoms with van der Waals surface area (Å²) >= 11 is 0. The van der Waals surface area contributed by atoms with Crippen LogP contribution in [-0.2, 0) is 21.4 Å². The molecule has 0 unspecified atom stereocenters. The first kappa shape index (κ1) is 20.9. The minimum atomic E-state index is -3.64. The second-order valence-electron chi connectivity index (χ2n) is 5.99. The van der Waals surface area contributed by atoms with Crippen LogP contribution in [0, 0.1) is 6.92 Å². The zero-order chi connectivity index (χ0) is 20.0. The van der Waals surface area contributed by atoms with Gasteiger partial charge in [-0.1, -0.05) is 32.0 Å². The van der Waals surface area contributed by atoms with Gasteiger partial charge in [0.05, 0.1) is 17.6 Å². The maximum atomic E-state index is 12.7. The predicted octanol–water partition coefficient (Wildman–Crippen LogP) is 3.39. The third-order valence-electron chi connectivity index (χ3n) is 4.28. The summed E-state index contributed by atoms with van der Waals surface area (Å²) in [5.41, 5.74) is 1.68. The van der Waals surface area contributed by atoms with Gasteiger partial charge in [-0.25, -0.2) is 13.2 Å². The van der Waals surface area contributed by atoms with Gasteiger partial charge in [-0.05, 0) is 42.3 Å². The number of esters is 1. The van der Waals surface area contributed by atoms with Crippen LogP contribution in [0.1, 0.15) is 35.3 Å². The monoisotopic (exact) mass is 391 g/mol. The summed E-state index contributed by atoms with van der Waals surface area (Å²) in [5, 5.41) is 0. The van der Waals surface area contributed by atoms with Crippen LogP contribution in [0.25, 0.3) is 0 Å². The van der Waals surface area contributed by atoms with E-state index in [1.165, 1.54) is 16.4 Å². The first-order valence-electron chi connectivity index (χ1n) is 8.74. The number of nitrogens with zero attached hydrogens (tertiary/aromatic N) is 1. The molecule has 0 N–H and O–H groups in total. The first-order valence-corrected chi connectivity index (χ1v) is 10.2. The minimum absolute atomic E-state index is 0.0719. The van der Waals surface area contributed by atoms with Crippen molar-refractivity contribution in [2.75, 3.05) is 20.2 Å². The van der Waals surface area contributed by atoms with Gasteiger partial charge in [0.1, 0.15) is 12.4 Å². The van der Waals surface area contributed by atoms with Crippen LogP contribution < -0.4 is 4.74 Å². The zero-order valence-electron chi connectivity index (χ0n) is 16.1. The molecule has 0 bridgehead atoms. The molecule has 2 rings (SSSR count). The molecule has 7 heteroatoms. The Morgan fingerprint density at radius 1 is 1.07 bits per heavy atom. The Kier molecular flexibility index (Phi) is 6.98. The summed E-state index contributed by atoms with van der Waals surface area (Å²) in [4.78, 5) is 12.6. The second-order valence-corrected chi connectivity index (χ2v) is 7.93. The van der Waals surface area contributed by atoms with Crippen molar-refractivity contribution in [2.24, 2.45) is 0 Å². The fraction of sp³-hybridized carbons (Fsp3) is 0.350. The highest BCUT2D eigenvalue weighted by Crippen LogP contribution is 2.21. The van der Waals surface area contributed by atoms with Crippen LogP contribution >= 0.6 is 0 Å². The molecule has 0 aliphatic rings. The molecule has 0 saturated heterocycles. The van der Waals surface area contributed by atoms with Gasteiger partial charge in [0, 0.05) is 13.1 Å². The molecular weight excluding hydrogens is 366 g/mol. The number of benzene rings is 2. The topological polar surface area (TPSA) is 72.9 Å². The van der Waals surface area contributed by atoms with E-state index in [-0.39, 0.29) is 17.1 Å². The lowest BCUT2D eigenvalue weighted by Gasteiger charge is -2.19. The maximum Gasteiger partial charge on any atom is 0.338 e. The highest BCUT2D eigenvalue weighted by Gasteiger charge is 2.23. The number of hydrogen-bond acceptors (Lipinski definition) is 5. The van der Waals surface area contributed by atoms with Gasteiger partial charge in [0.2, 0.25) is 10.0 Å². The Balaban J connectivity index is 2.23. The Morgan fingerprint density at radius 3 is 2.41 bits per heavy atom. The summed E-state index contributed by atoms with van der Waals surface area (Å²) in [6.07, 6.45) is 0. The standard InChI is InChI=1S/C20H25NO5S/c1-5-21(6-2)27(23,24)18-11-10-15(3)19(13-18)20(22)26-14-16-8-7-9-17(12-16)25-4/h7-13H,5-6,14H2,1-4H3. The van der Waals surface area contributed by atoms with Crippen molar-refractivity contribution < 1.29 is 22.7 Å². The molecular formula is C20H25NO5S. The van der Waals surface area contributed by atoms with E-state index >= 15 is 0 Å². The molecule has 0 atom stereocenters. The van der Waals surface area contributed by atoms with Crippen LogP contribution in [0.2, 0.25) is 0 Å². The predicted molar refractivity (Wildman–Crippen MR) is 103 cm³/mol. The van der Waals surface area contributed by atoms with Crippen molar-refractivity contribution in [3.8, 4) is 5.75 Å². The maximum absolute atomic E-state index is 12.7. The Bertz CT molecular complexity index is 904. The lowest BCUT2D eigenvalue weighted by Crippen LogP contribution is -2.30. The van der Waals surface area contributed by atoms with E-state index in [1.807, 2.05) is 12.1 Å². The van der Waals surface area contributed by atoms with E-state index in [0.29, 0.717) is 24.4 Å². The number of hydrogen-bond donors (Lipinski definition) is 0. The third kappa shape index (κ3) is 4.87. The van der Waals surface area contributed by atoms with E-state index in [0.717, 1.165) is 5.56 Å². The van der Waals surface area contributed by atoms with Crippen molar-refractivity contribution >= 4 is 16.0 Å². The highest BCUT2D eigenvalue weighted by molar-refractivity contribution is 7.89. The van der Waals surface area contributed by atoms with Crippen molar-refractivity contribution in [1.82, 2.24) is 4.31 Å². The van der Waals surface area contributed by atoms with E-state index in [4.69, 9.17) is 9.47 Å². The normalized spacial score (nSPS) is 11.4. The second kappa shape index (κ2) is 9.01. The quantitative estimate of drug-likeness (QED) is 0.645. The summed E-state index contributed by atoms with van der Waals surface area (Å²) in [5.74, 6) is 0.110. The van der Waals surface area contributed by atoms with Crippen molar-refractivity contribution in [2.45, 2.75) is 32.3 Å². The van der Waals surface area contributed by atoms with Crippen LogP contribution in [-0.4, -0.2) is 38.9 Å². The summed E-state index contributed by atoms with van der Waals surface area (Å²) < 4.78 is 37.3. The molecule has 0 heterocycles. The van der Waals surface area contributed by atoms with Crippen LogP contribution in [0.3, 0.4) is 0 Å². The molecule has 0 amide bonds. The van der Waals surface area contributed by atoms with Crippen molar-refractivity contribution in [3.05, 3.63) is 59.2 Å². The zero-order valence-corrected chi connectivity index (χ0v) is 16.9. The largest absolute Gasteiger partial charge is 0.497 e. The molecule has 0 fully saturated rings. The molecule has 2 aromatic rings. The third-order valence-corrected chi connectivity index (χ3v) is 6.32. The highest BCUT2D eigenvalue weighted by atomic mass is 32.2. The summed E-state index contributed by atoms with van der Waals surface area (Å²) in [7, 11) is -2.08. The average molecular weight is 391 g/mol. The van der Waals surface area contributed by atoms with Gasteiger partial charge in [0.25, 0.3) is 0 Å². The molecule has 146 valence electrons. The molecule has 0 aliphatic heterocycles. The molecule has 0 aliphatic carbocycles. The van der Waals surface area contributed by atoms with E-state index in [9.17, 15) is 13.2 Å².